The third-order valence-electron chi connectivity index (χ3n) is 3.87. The molecule has 3 N–H and O–H groups in total. The molecule has 0 amide bonds. The molecule has 1 saturated carbocycles. The van der Waals surface area contributed by atoms with Crippen molar-refractivity contribution in [2.45, 2.75) is 31.8 Å². The van der Waals surface area contributed by atoms with Gasteiger partial charge in [-0.05, 0) is 30.5 Å². The number of aliphatic imine (C=N–C) groups is 1. The molecule has 0 radical (unpaired) electrons. The predicted octanol–water partition coefficient (Wildman–Crippen LogP) is 3.26. The number of halogens is 1. The van der Waals surface area contributed by atoms with Crippen molar-refractivity contribution in [1.29, 1.82) is 0 Å². The van der Waals surface area contributed by atoms with Crippen LogP contribution in [-0.2, 0) is 13.1 Å². The van der Waals surface area contributed by atoms with Gasteiger partial charge in [0.1, 0.15) is 5.01 Å². The van der Waals surface area contributed by atoms with E-state index in [1.54, 1.807) is 25.6 Å². The van der Waals surface area contributed by atoms with E-state index in [0.717, 1.165) is 10.6 Å². The molecule has 0 aliphatic heterocycles. The molecule has 6 nitrogen and oxygen atoms in total. The second-order valence-electron chi connectivity index (χ2n) is 5.68. The molecule has 136 valence electrons. The van der Waals surface area contributed by atoms with Gasteiger partial charge in [0.2, 0.25) is 0 Å². The highest BCUT2D eigenvalue weighted by Crippen LogP contribution is 2.40. The summed E-state index contributed by atoms with van der Waals surface area (Å²) in [7, 11) is 3.23. The Hall–Kier alpha value is -1.55. The first-order chi connectivity index (χ1) is 11.7. The van der Waals surface area contributed by atoms with Gasteiger partial charge in [0.25, 0.3) is 0 Å². The average molecular weight is 474 g/mol. The standard InChI is InChI=1S/C17H22N4O2S.HI/c1-22-14-6-3-11(7-15(14)23-2)8-19-17(18)20-9-16-21-13(10-24-16)12-4-5-12;/h3,6-7,10,12H,4-5,8-9H2,1-2H3,(H3,18,19,20);1H. The SMILES string of the molecule is COc1ccc(CN=C(N)NCc2nc(C3CC3)cs2)cc1OC.I. The third kappa shape index (κ3) is 5.46. The molecule has 0 bridgehead atoms. The Balaban J connectivity index is 0.00000225. The molecule has 1 aliphatic carbocycles. The maximum absolute atomic E-state index is 5.93. The Morgan fingerprint density at radius 1 is 1.32 bits per heavy atom. The summed E-state index contributed by atoms with van der Waals surface area (Å²) in [5.74, 6) is 2.48. The monoisotopic (exact) mass is 474 g/mol. The summed E-state index contributed by atoms with van der Waals surface area (Å²) in [6.45, 7) is 1.09. The summed E-state index contributed by atoms with van der Waals surface area (Å²) in [5.41, 5.74) is 8.16. The van der Waals surface area contributed by atoms with Crippen molar-refractivity contribution < 1.29 is 9.47 Å². The molecule has 0 spiro atoms. The van der Waals surface area contributed by atoms with E-state index in [9.17, 15) is 0 Å². The number of aromatic nitrogens is 1. The Labute approximate surface area is 168 Å². The van der Waals surface area contributed by atoms with Crippen LogP contribution in [0, 0.1) is 0 Å². The van der Waals surface area contributed by atoms with Crippen LogP contribution in [0.4, 0.5) is 0 Å². The fourth-order valence-electron chi connectivity index (χ4n) is 2.35. The largest absolute Gasteiger partial charge is 0.493 e. The zero-order valence-electron chi connectivity index (χ0n) is 14.3. The summed E-state index contributed by atoms with van der Waals surface area (Å²) in [6, 6.07) is 5.71. The number of guanidine groups is 1. The summed E-state index contributed by atoms with van der Waals surface area (Å²) in [5, 5.41) is 6.30. The summed E-state index contributed by atoms with van der Waals surface area (Å²) < 4.78 is 10.5. The second kappa shape index (κ2) is 9.23. The van der Waals surface area contributed by atoms with Crippen LogP contribution in [0.3, 0.4) is 0 Å². The van der Waals surface area contributed by atoms with E-state index in [4.69, 9.17) is 15.2 Å². The number of hydrogen-bond donors (Lipinski definition) is 2. The molecular formula is C17H23IN4O2S. The third-order valence-corrected chi connectivity index (χ3v) is 4.73. The van der Waals surface area contributed by atoms with Crippen LogP contribution in [0.2, 0.25) is 0 Å². The first-order valence-electron chi connectivity index (χ1n) is 7.88. The zero-order chi connectivity index (χ0) is 16.9. The van der Waals surface area contributed by atoms with Crippen molar-refractivity contribution in [2.24, 2.45) is 10.7 Å². The molecule has 1 aliphatic rings. The zero-order valence-corrected chi connectivity index (χ0v) is 17.5. The minimum atomic E-state index is 0. The molecule has 1 aromatic heterocycles. The molecule has 1 fully saturated rings. The molecule has 1 heterocycles. The van der Waals surface area contributed by atoms with Gasteiger partial charge in [0.15, 0.2) is 17.5 Å². The van der Waals surface area contributed by atoms with Gasteiger partial charge in [0.05, 0.1) is 33.0 Å². The van der Waals surface area contributed by atoms with Gasteiger partial charge in [-0.1, -0.05) is 6.07 Å². The first-order valence-corrected chi connectivity index (χ1v) is 8.76. The maximum Gasteiger partial charge on any atom is 0.189 e. The normalized spacial score (nSPS) is 13.9. The summed E-state index contributed by atoms with van der Waals surface area (Å²) in [4.78, 5) is 8.98. The summed E-state index contributed by atoms with van der Waals surface area (Å²) >= 11 is 1.67. The molecule has 25 heavy (non-hydrogen) atoms. The van der Waals surface area contributed by atoms with E-state index in [1.165, 1.54) is 18.5 Å². The Morgan fingerprint density at radius 3 is 2.76 bits per heavy atom. The van der Waals surface area contributed by atoms with E-state index >= 15 is 0 Å². The van der Waals surface area contributed by atoms with Crippen LogP contribution in [0.5, 0.6) is 11.5 Å². The quantitative estimate of drug-likeness (QED) is 0.366. The fourth-order valence-corrected chi connectivity index (χ4v) is 3.17. The highest BCUT2D eigenvalue weighted by atomic mass is 127. The van der Waals surface area contributed by atoms with Crippen molar-refractivity contribution >= 4 is 41.3 Å². The molecule has 8 heteroatoms. The Kier molecular flexibility index (Phi) is 7.30. The number of hydrogen-bond acceptors (Lipinski definition) is 5. The lowest BCUT2D eigenvalue weighted by Crippen LogP contribution is -2.31. The van der Waals surface area contributed by atoms with Crippen molar-refractivity contribution in [2.75, 3.05) is 14.2 Å². The van der Waals surface area contributed by atoms with E-state index in [0.29, 0.717) is 36.5 Å². The van der Waals surface area contributed by atoms with Gasteiger partial charge < -0.3 is 20.5 Å². The number of nitrogens with one attached hydrogen (secondary N) is 1. The van der Waals surface area contributed by atoms with E-state index in [-0.39, 0.29) is 24.0 Å². The van der Waals surface area contributed by atoms with Gasteiger partial charge in [-0.3, -0.25) is 0 Å². The highest BCUT2D eigenvalue weighted by Gasteiger charge is 2.25. The fraction of sp³-hybridized carbons (Fsp3) is 0.412. The van der Waals surface area contributed by atoms with E-state index in [1.807, 2.05) is 18.2 Å². The topological polar surface area (TPSA) is 81.8 Å². The smallest absolute Gasteiger partial charge is 0.189 e. The van der Waals surface area contributed by atoms with Gasteiger partial charge in [-0.25, -0.2) is 9.98 Å². The molecular weight excluding hydrogens is 451 g/mol. The Bertz CT molecular complexity index is 731. The van der Waals surface area contributed by atoms with Crippen molar-refractivity contribution in [3.8, 4) is 11.5 Å². The first kappa shape index (κ1) is 19.8. The summed E-state index contributed by atoms with van der Waals surface area (Å²) in [6.07, 6.45) is 2.54. The van der Waals surface area contributed by atoms with Gasteiger partial charge in [-0.2, -0.15) is 0 Å². The van der Waals surface area contributed by atoms with Gasteiger partial charge in [0, 0.05) is 11.3 Å². The lowest BCUT2D eigenvalue weighted by molar-refractivity contribution is 0.354. The molecule has 3 rings (SSSR count). The van der Waals surface area contributed by atoms with Crippen LogP contribution >= 0.6 is 35.3 Å². The molecule has 0 unspecified atom stereocenters. The minimum absolute atomic E-state index is 0. The van der Waals surface area contributed by atoms with Crippen molar-refractivity contribution in [3.05, 3.63) is 39.8 Å². The number of ether oxygens (including phenoxy) is 2. The lowest BCUT2D eigenvalue weighted by atomic mass is 10.2. The number of thiazole rings is 1. The van der Waals surface area contributed by atoms with Crippen LogP contribution < -0.4 is 20.5 Å². The highest BCUT2D eigenvalue weighted by molar-refractivity contribution is 14.0. The van der Waals surface area contributed by atoms with E-state index < -0.39 is 0 Å². The van der Waals surface area contributed by atoms with Crippen LogP contribution in [0.25, 0.3) is 0 Å². The minimum Gasteiger partial charge on any atom is -0.493 e. The van der Waals surface area contributed by atoms with E-state index in [2.05, 4.69) is 20.7 Å². The molecule has 1 aromatic carbocycles. The number of rotatable bonds is 7. The van der Waals surface area contributed by atoms with Crippen LogP contribution in [0.1, 0.15) is 35.0 Å². The second-order valence-corrected chi connectivity index (χ2v) is 6.63. The van der Waals surface area contributed by atoms with Crippen molar-refractivity contribution in [3.63, 3.8) is 0 Å². The maximum atomic E-state index is 5.93. The number of nitrogens with two attached hydrogens (primary N) is 1. The number of nitrogens with zero attached hydrogens (tertiary/aromatic N) is 2. The van der Waals surface area contributed by atoms with Gasteiger partial charge >= 0.3 is 0 Å². The van der Waals surface area contributed by atoms with Gasteiger partial charge in [-0.15, -0.1) is 35.3 Å². The van der Waals surface area contributed by atoms with Crippen LogP contribution in [-0.4, -0.2) is 25.2 Å². The lowest BCUT2D eigenvalue weighted by Gasteiger charge is -2.09. The van der Waals surface area contributed by atoms with Crippen LogP contribution in [0.15, 0.2) is 28.6 Å². The predicted molar refractivity (Wildman–Crippen MR) is 111 cm³/mol. The Morgan fingerprint density at radius 2 is 2.08 bits per heavy atom. The van der Waals surface area contributed by atoms with Crippen molar-refractivity contribution in [1.82, 2.24) is 10.3 Å². The molecule has 0 atom stereocenters. The average Bonchev–Trinajstić information content (AvgIpc) is 3.36. The molecule has 0 saturated heterocycles. The number of benzene rings is 1. The number of methoxy groups -OCH3 is 2. The molecule has 2 aromatic rings.